The van der Waals surface area contributed by atoms with Gasteiger partial charge in [-0.15, -0.1) is 4.83 Å². The van der Waals surface area contributed by atoms with Gasteiger partial charge in [0.1, 0.15) is 0 Å². The van der Waals surface area contributed by atoms with Crippen LogP contribution in [0, 0.1) is 0 Å². The molecule has 0 spiro atoms. The molecule has 2 N–H and O–H groups in total. The predicted octanol–water partition coefficient (Wildman–Crippen LogP) is 0.257. The highest BCUT2D eigenvalue weighted by molar-refractivity contribution is 7.90. The van der Waals surface area contributed by atoms with Crippen molar-refractivity contribution in [2.75, 3.05) is 0 Å². The van der Waals surface area contributed by atoms with Gasteiger partial charge in [-0.2, -0.15) is 13.2 Å². The fourth-order valence-corrected chi connectivity index (χ4v) is 0.835. The van der Waals surface area contributed by atoms with Crippen LogP contribution in [0.15, 0.2) is 0 Å². The molecule has 9 heteroatoms. The van der Waals surface area contributed by atoms with Gasteiger partial charge in [0, 0.05) is 6.42 Å². The second-order valence-electron chi connectivity index (χ2n) is 2.35. The van der Waals surface area contributed by atoms with Crippen LogP contribution in [0.25, 0.3) is 0 Å². The number of sulfonamides is 1. The van der Waals surface area contributed by atoms with Crippen LogP contribution in [0.3, 0.4) is 0 Å². The van der Waals surface area contributed by atoms with E-state index < -0.39 is 21.4 Å². The molecule has 0 aromatic rings. The van der Waals surface area contributed by atoms with Crippen LogP contribution in [0.4, 0.5) is 13.2 Å². The lowest BCUT2D eigenvalue weighted by atomic mass is 10.3. The summed E-state index contributed by atoms with van der Waals surface area (Å²) in [7, 11) is -5.49. The Kier molecular flexibility index (Phi) is 4.33. The van der Waals surface area contributed by atoms with E-state index in [9.17, 15) is 26.4 Å². The van der Waals surface area contributed by atoms with Crippen molar-refractivity contribution >= 4 is 15.9 Å². The second kappa shape index (κ2) is 4.60. The number of amides is 1. The van der Waals surface area contributed by atoms with E-state index in [-0.39, 0.29) is 6.42 Å². The van der Waals surface area contributed by atoms with Crippen molar-refractivity contribution in [1.82, 2.24) is 10.3 Å². The molecule has 0 aliphatic heterocycles. The van der Waals surface area contributed by atoms with Crippen LogP contribution >= 0.6 is 0 Å². The molecule has 0 unspecified atom stereocenters. The maximum absolute atomic E-state index is 11.7. The minimum atomic E-state index is -5.49. The van der Waals surface area contributed by atoms with Crippen LogP contribution in [0.5, 0.6) is 0 Å². The van der Waals surface area contributed by atoms with Crippen molar-refractivity contribution in [2.45, 2.75) is 25.3 Å². The topological polar surface area (TPSA) is 75.3 Å². The maximum atomic E-state index is 11.7. The average molecular weight is 234 g/mol. The molecule has 1 amide bonds. The Morgan fingerprint density at radius 2 is 1.86 bits per heavy atom. The summed E-state index contributed by atoms with van der Waals surface area (Å²) >= 11 is 0. The molecule has 0 bridgehead atoms. The summed E-state index contributed by atoms with van der Waals surface area (Å²) in [4.78, 5) is 11.5. The molecule has 0 saturated carbocycles. The van der Waals surface area contributed by atoms with Gasteiger partial charge in [-0.3, -0.25) is 10.2 Å². The van der Waals surface area contributed by atoms with Gasteiger partial charge in [-0.05, 0) is 6.42 Å². The van der Waals surface area contributed by atoms with Crippen molar-refractivity contribution < 1.29 is 26.4 Å². The largest absolute Gasteiger partial charge is 0.513 e. The summed E-state index contributed by atoms with van der Waals surface area (Å²) in [6.07, 6.45) is 0.347. The number of nitrogens with one attached hydrogen (secondary N) is 2. The Bertz CT molecular complexity index is 298. The summed E-state index contributed by atoms with van der Waals surface area (Å²) in [5.41, 5.74) is -3.99. The SMILES string of the molecule is CCCC(=O)NNS(=O)(=O)C(F)(F)F. The third-order valence-electron chi connectivity index (χ3n) is 1.11. The molecule has 0 atom stereocenters. The van der Waals surface area contributed by atoms with E-state index in [0.29, 0.717) is 6.42 Å². The normalized spacial score (nSPS) is 12.6. The Labute approximate surface area is 78.7 Å². The minimum absolute atomic E-state index is 0.0552. The van der Waals surface area contributed by atoms with Gasteiger partial charge in [-0.1, -0.05) is 6.92 Å². The molecule has 0 aliphatic carbocycles. The van der Waals surface area contributed by atoms with Crippen molar-refractivity contribution in [3.63, 3.8) is 0 Å². The molecular formula is C5H9F3N2O3S. The Hall–Kier alpha value is -0.830. The third kappa shape index (κ3) is 3.92. The molecule has 0 aromatic carbocycles. The van der Waals surface area contributed by atoms with Gasteiger partial charge in [0.25, 0.3) is 0 Å². The molecule has 0 radical (unpaired) electrons. The maximum Gasteiger partial charge on any atom is 0.513 e. The predicted molar refractivity (Wildman–Crippen MR) is 41.2 cm³/mol. The van der Waals surface area contributed by atoms with Gasteiger partial charge >= 0.3 is 15.5 Å². The highest BCUT2D eigenvalue weighted by Gasteiger charge is 2.46. The Morgan fingerprint density at radius 3 is 2.21 bits per heavy atom. The summed E-state index contributed by atoms with van der Waals surface area (Å²) in [6, 6.07) is 0. The number of rotatable bonds is 4. The molecule has 0 aromatic heterocycles. The van der Waals surface area contributed by atoms with E-state index in [4.69, 9.17) is 0 Å². The molecule has 0 aliphatic rings. The first-order chi connectivity index (χ1) is 6.20. The number of alkyl halides is 3. The molecule has 14 heavy (non-hydrogen) atoms. The zero-order chi connectivity index (χ0) is 11.4. The van der Waals surface area contributed by atoms with E-state index in [1.165, 1.54) is 5.43 Å². The highest BCUT2D eigenvalue weighted by Crippen LogP contribution is 2.20. The fraction of sp³-hybridized carbons (Fsp3) is 0.800. The molecule has 5 nitrogen and oxygen atoms in total. The molecule has 0 heterocycles. The third-order valence-corrected chi connectivity index (χ3v) is 2.09. The standard InChI is InChI=1S/C5H9F3N2O3S/c1-2-3-4(11)9-10-14(12,13)5(6,7)8/h10H,2-3H2,1H3,(H,9,11). The summed E-state index contributed by atoms with van der Waals surface area (Å²) < 4.78 is 55.6. The first-order valence-corrected chi connectivity index (χ1v) is 5.06. The zero-order valence-electron chi connectivity index (χ0n) is 7.18. The fourth-order valence-electron chi connectivity index (χ4n) is 0.472. The molecular weight excluding hydrogens is 225 g/mol. The number of hydrazine groups is 1. The quantitative estimate of drug-likeness (QED) is 0.685. The highest BCUT2D eigenvalue weighted by atomic mass is 32.2. The Balaban J connectivity index is 4.22. The minimum Gasteiger partial charge on any atom is -0.278 e. The first-order valence-electron chi connectivity index (χ1n) is 3.57. The van der Waals surface area contributed by atoms with Crippen molar-refractivity contribution in [3.8, 4) is 0 Å². The average Bonchev–Trinajstić information content (AvgIpc) is 1.99. The lowest BCUT2D eigenvalue weighted by Gasteiger charge is -2.09. The van der Waals surface area contributed by atoms with E-state index >= 15 is 0 Å². The van der Waals surface area contributed by atoms with E-state index in [0.717, 1.165) is 4.83 Å². The zero-order valence-corrected chi connectivity index (χ0v) is 8.00. The van der Waals surface area contributed by atoms with E-state index in [2.05, 4.69) is 0 Å². The van der Waals surface area contributed by atoms with Crippen LogP contribution in [0.2, 0.25) is 0 Å². The Morgan fingerprint density at radius 1 is 1.36 bits per heavy atom. The number of halogens is 3. The lowest BCUT2D eigenvalue weighted by Crippen LogP contribution is -2.47. The summed E-state index contributed by atoms with van der Waals surface area (Å²) in [5.74, 6) is -0.819. The summed E-state index contributed by atoms with van der Waals surface area (Å²) in [6.45, 7) is 1.62. The second-order valence-corrected chi connectivity index (χ2v) is 4.02. The van der Waals surface area contributed by atoms with Crippen molar-refractivity contribution in [1.29, 1.82) is 0 Å². The van der Waals surface area contributed by atoms with Crippen molar-refractivity contribution in [3.05, 3.63) is 0 Å². The summed E-state index contributed by atoms with van der Waals surface area (Å²) in [5, 5.41) is 0. The van der Waals surface area contributed by atoms with E-state index in [1.54, 1.807) is 6.92 Å². The van der Waals surface area contributed by atoms with Gasteiger partial charge in [-0.25, -0.2) is 8.42 Å². The molecule has 84 valence electrons. The lowest BCUT2D eigenvalue weighted by molar-refractivity contribution is -0.121. The number of hydrogen-bond donors (Lipinski definition) is 2. The molecule has 0 rings (SSSR count). The van der Waals surface area contributed by atoms with Crippen LogP contribution in [-0.2, 0) is 14.8 Å². The molecule has 0 fully saturated rings. The van der Waals surface area contributed by atoms with Crippen LogP contribution in [-0.4, -0.2) is 19.8 Å². The number of hydrogen-bond acceptors (Lipinski definition) is 3. The van der Waals surface area contributed by atoms with Crippen LogP contribution in [0.1, 0.15) is 19.8 Å². The van der Waals surface area contributed by atoms with Gasteiger partial charge in [0.15, 0.2) is 0 Å². The monoisotopic (exact) mass is 234 g/mol. The van der Waals surface area contributed by atoms with Crippen LogP contribution < -0.4 is 10.3 Å². The van der Waals surface area contributed by atoms with Gasteiger partial charge < -0.3 is 0 Å². The van der Waals surface area contributed by atoms with Gasteiger partial charge in [0.05, 0.1) is 0 Å². The van der Waals surface area contributed by atoms with Gasteiger partial charge in [0.2, 0.25) is 5.91 Å². The smallest absolute Gasteiger partial charge is 0.278 e. The molecule has 0 saturated heterocycles. The van der Waals surface area contributed by atoms with Crippen molar-refractivity contribution in [2.24, 2.45) is 0 Å². The number of carbonyl (C=O) groups excluding carboxylic acids is 1. The number of carbonyl (C=O) groups is 1. The van der Waals surface area contributed by atoms with E-state index in [1.807, 2.05) is 0 Å². The first kappa shape index (κ1) is 13.2.